The molecule has 10 heteroatoms. The van der Waals surface area contributed by atoms with E-state index in [1.165, 1.54) is 4.90 Å². The topological polar surface area (TPSA) is 133 Å². The third-order valence-electron chi connectivity index (χ3n) is 4.16. The molecule has 146 valence electrons. The van der Waals surface area contributed by atoms with Gasteiger partial charge in [-0.25, -0.2) is 14.4 Å². The van der Waals surface area contributed by atoms with E-state index in [2.05, 4.69) is 5.32 Å². The zero-order valence-corrected chi connectivity index (χ0v) is 15.3. The highest BCUT2D eigenvalue weighted by Crippen LogP contribution is 2.37. The van der Waals surface area contributed by atoms with Crippen molar-refractivity contribution in [2.45, 2.75) is 19.6 Å². The number of fused-ring (bicyclic) bond motifs is 1. The van der Waals surface area contributed by atoms with E-state index in [-0.39, 0.29) is 36.7 Å². The van der Waals surface area contributed by atoms with Crippen LogP contribution in [0.1, 0.15) is 26.4 Å². The number of carboxylic acid groups (broad SMARTS) is 2. The Bertz CT molecular complexity index is 939. The van der Waals surface area contributed by atoms with Crippen LogP contribution in [0, 0.1) is 0 Å². The lowest BCUT2D eigenvalue weighted by atomic mass is 10.0. The lowest BCUT2D eigenvalue weighted by Crippen LogP contribution is -2.36. The highest BCUT2D eigenvalue weighted by Gasteiger charge is 2.31. The van der Waals surface area contributed by atoms with Gasteiger partial charge < -0.3 is 25.2 Å². The van der Waals surface area contributed by atoms with E-state index in [0.717, 1.165) is 16.9 Å². The van der Waals surface area contributed by atoms with Crippen molar-refractivity contribution in [1.82, 2.24) is 4.90 Å². The Morgan fingerprint density at radius 3 is 2.50 bits per heavy atom. The van der Waals surface area contributed by atoms with Gasteiger partial charge in [0.15, 0.2) is 0 Å². The van der Waals surface area contributed by atoms with Crippen molar-refractivity contribution in [1.29, 1.82) is 0 Å². The lowest BCUT2D eigenvalue weighted by Gasteiger charge is -2.26. The molecule has 0 fully saturated rings. The minimum Gasteiger partial charge on any atom is -0.478 e. The largest absolute Gasteiger partial charge is 0.478 e. The predicted molar refractivity (Wildman–Crippen MR) is 98.3 cm³/mol. The number of nitrogens with zero attached hydrogens (tertiary/aromatic N) is 1. The van der Waals surface area contributed by atoms with Crippen molar-refractivity contribution in [2.24, 2.45) is 0 Å². The minimum absolute atomic E-state index is 0.0515. The summed E-state index contributed by atoms with van der Waals surface area (Å²) in [5.41, 5.74) is 1.20. The van der Waals surface area contributed by atoms with E-state index in [1.54, 1.807) is 0 Å². The SMILES string of the molecule is O=C(O)C(=O)Nc1sc2c(c1C(=O)O)CCN(C(=O)OCc1ccccc1)C2. The number of benzene rings is 1. The number of carboxylic acids is 2. The molecule has 0 aliphatic carbocycles. The second-order valence-corrected chi connectivity index (χ2v) is 7.09. The van der Waals surface area contributed by atoms with Crippen molar-refractivity contribution in [3.8, 4) is 0 Å². The van der Waals surface area contributed by atoms with Gasteiger partial charge in [0.2, 0.25) is 0 Å². The summed E-state index contributed by atoms with van der Waals surface area (Å²) < 4.78 is 5.29. The molecule has 0 bridgehead atoms. The molecule has 9 nitrogen and oxygen atoms in total. The van der Waals surface area contributed by atoms with Crippen LogP contribution in [0.15, 0.2) is 30.3 Å². The quantitative estimate of drug-likeness (QED) is 0.665. The fourth-order valence-corrected chi connectivity index (χ4v) is 4.09. The number of carbonyl (C=O) groups excluding carboxylic acids is 2. The Morgan fingerprint density at radius 2 is 1.86 bits per heavy atom. The maximum Gasteiger partial charge on any atom is 0.410 e. The summed E-state index contributed by atoms with van der Waals surface area (Å²) in [7, 11) is 0. The van der Waals surface area contributed by atoms with E-state index in [4.69, 9.17) is 9.84 Å². The smallest absolute Gasteiger partial charge is 0.410 e. The molecule has 1 aliphatic rings. The maximum absolute atomic E-state index is 12.3. The molecule has 1 aromatic heterocycles. The van der Waals surface area contributed by atoms with Crippen LogP contribution in [0.2, 0.25) is 0 Å². The molecule has 2 aromatic rings. The third-order valence-corrected chi connectivity index (χ3v) is 5.29. The van der Waals surface area contributed by atoms with Gasteiger partial charge in [0.25, 0.3) is 0 Å². The summed E-state index contributed by atoms with van der Waals surface area (Å²) in [6.07, 6.45) is -0.271. The molecule has 3 N–H and O–H groups in total. The molecular weight excluding hydrogens is 388 g/mol. The molecule has 2 amide bonds. The Kier molecular flexibility index (Phi) is 5.59. The highest BCUT2D eigenvalue weighted by atomic mass is 32.1. The molecule has 3 rings (SSSR count). The Labute approximate surface area is 163 Å². The number of rotatable bonds is 4. The van der Waals surface area contributed by atoms with Crippen molar-refractivity contribution in [2.75, 3.05) is 11.9 Å². The number of ether oxygens (including phenoxy) is 1. The molecule has 0 saturated heterocycles. The van der Waals surface area contributed by atoms with Gasteiger partial charge in [-0.2, -0.15) is 0 Å². The number of hydrogen-bond donors (Lipinski definition) is 3. The summed E-state index contributed by atoms with van der Waals surface area (Å²) in [5, 5.41) is 20.2. The first-order valence-electron chi connectivity index (χ1n) is 8.24. The maximum atomic E-state index is 12.3. The standard InChI is InChI=1S/C18H16N2O7S/c21-14(17(24)25)19-15-13(16(22)23)11-6-7-20(8-12(11)28-15)18(26)27-9-10-4-2-1-3-5-10/h1-5H,6-9H2,(H,19,21)(H,22,23)(H,24,25). The number of aromatic carboxylic acids is 1. The molecule has 0 unspecified atom stereocenters. The Morgan fingerprint density at radius 1 is 1.14 bits per heavy atom. The van der Waals surface area contributed by atoms with Crippen LogP contribution in [0.25, 0.3) is 0 Å². The van der Waals surface area contributed by atoms with Crippen molar-refractivity contribution < 1.29 is 34.1 Å². The first-order valence-corrected chi connectivity index (χ1v) is 9.06. The molecule has 1 aliphatic heterocycles. The predicted octanol–water partition coefficient (Wildman–Crippen LogP) is 2.16. The molecular formula is C18H16N2O7S. The van der Waals surface area contributed by atoms with Crippen LogP contribution >= 0.6 is 11.3 Å². The summed E-state index contributed by atoms with van der Waals surface area (Å²) in [6.45, 7) is 0.495. The van der Waals surface area contributed by atoms with Gasteiger partial charge in [-0.15, -0.1) is 11.3 Å². The van der Waals surface area contributed by atoms with E-state index >= 15 is 0 Å². The summed E-state index contributed by atoms with van der Waals surface area (Å²) >= 11 is 0.946. The number of amides is 2. The molecule has 0 atom stereocenters. The lowest BCUT2D eigenvalue weighted by molar-refractivity contribution is -0.147. The minimum atomic E-state index is -1.71. The summed E-state index contributed by atoms with van der Waals surface area (Å²) in [5.74, 6) is -4.30. The van der Waals surface area contributed by atoms with Crippen LogP contribution in [-0.2, 0) is 33.9 Å². The second kappa shape index (κ2) is 8.09. The van der Waals surface area contributed by atoms with E-state index in [9.17, 15) is 24.3 Å². The average molecular weight is 404 g/mol. The van der Waals surface area contributed by atoms with E-state index < -0.39 is 23.9 Å². The van der Waals surface area contributed by atoms with Gasteiger partial charge in [0.05, 0.1) is 12.1 Å². The van der Waals surface area contributed by atoms with Crippen LogP contribution in [-0.4, -0.2) is 45.6 Å². The van der Waals surface area contributed by atoms with Gasteiger partial charge in [0, 0.05) is 11.4 Å². The fraction of sp³-hybridized carbons (Fsp3) is 0.222. The Balaban J connectivity index is 1.73. The van der Waals surface area contributed by atoms with E-state index in [0.29, 0.717) is 10.4 Å². The number of carbonyl (C=O) groups is 4. The monoisotopic (exact) mass is 404 g/mol. The first-order chi connectivity index (χ1) is 13.4. The van der Waals surface area contributed by atoms with Crippen LogP contribution < -0.4 is 5.32 Å². The van der Waals surface area contributed by atoms with Gasteiger partial charge in [-0.1, -0.05) is 30.3 Å². The normalized spacial score (nSPS) is 12.8. The average Bonchev–Trinajstić information content (AvgIpc) is 3.03. The summed E-state index contributed by atoms with van der Waals surface area (Å²) in [6, 6.07) is 9.19. The molecule has 0 spiro atoms. The van der Waals surface area contributed by atoms with Gasteiger partial charge in [-0.3, -0.25) is 4.79 Å². The first kappa shape index (κ1) is 19.4. The van der Waals surface area contributed by atoms with Gasteiger partial charge in [0.1, 0.15) is 11.6 Å². The fourth-order valence-electron chi connectivity index (χ4n) is 2.84. The van der Waals surface area contributed by atoms with Crippen molar-refractivity contribution >= 4 is 40.3 Å². The Hall–Kier alpha value is -3.40. The molecule has 0 saturated carbocycles. The number of nitrogens with one attached hydrogen (secondary N) is 1. The van der Waals surface area contributed by atoms with Gasteiger partial charge >= 0.3 is 23.9 Å². The number of thiophene rings is 1. The van der Waals surface area contributed by atoms with Crippen molar-refractivity contribution in [3.05, 3.63) is 51.9 Å². The van der Waals surface area contributed by atoms with Crippen LogP contribution in [0.4, 0.5) is 9.80 Å². The highest BCUT2D eigenvalue weighted by molar-refractivity contribution is 7.17. The van der Waals surface area contributed by atoms with Crippen LogP contribution in [0.3, 0.4) is 0 Å². The molecule has 2 heterocycles. The molecule has 0 radical (unpaired) electrons. The van der Waals surface area contributed by atoms with E-state index in [1.807, 2.05) is 30.3 Å². The van der Waals surface area contributed by atoms with Gasteiger partial charge in [-0.05, 0) is 17.5 Å². The van der Waals surface area contributed by atoms with Crippen molar-refractivity contribution in [3.63, 3.8) is 0 Å². The zero-order chi connectivity index (χ0) is 20.3. The van der Waals surface area contributed by atoms with Crippen LogP contribution in [0.5, 0.6) is 0 Å². The second-order valence-electron chi connectivity index (χ2n) is 5.98. The number of hydrogen-bond acceptors (Lipinski definition) is 6. The third kappa shape index (κ3) is 4.12. The molecule has 1 aromatic carbocycles. The summed E-state index contributed by atoms with van der Waals surface area (Å²) in [4.78, 5) is 48.1. The number of aliphatic carboxylic acids is 1. The number of anilines is 1. The molecule has 28 heavy (non-hydrogen) atoms. The zero-order valence-electron chi connectivity index (χ0n) is 14.5.